The van der Waals surface area contributed by atoms with Crippen LogP contribution in [0.4, 0.5) is 11.6 Å². The highest BCUT2D eigenvalue weighted by Gasteiger charge is 2.29. The lowest BCUT2D eigenvalue weighted by Gasteiger charge is -2.25. The molecule has 0 aromatic carbocycles. The van der Waals surface area contributed by atoms with E-state index < -0.39 is 0 Å². The Kier molecular flexibility index (Phi) is 4.32. The molecule has 2 N–H and O–H groups in total. The molecule has 4 nitrogen and oxygen atoms in total. The monoisotopic (exact) mass is 288 g/mol. The zero-order chi connectivity index (χ0) is 14.8. The van der Waals surface area contributed by atoms with Crippen molar-refractivity contribution < 1.29 is 0 Å². The van der Waals surface area contributed by atoms with Gasteiger partial charge in [-0.25, -0.2) is 9.97 Å². The lowest BCUT2D eigenvalue weighted by atomic mass is 9.97. The average molecular weight is 288 g/mol. The molecule has 2 fully saturated rings. The molecule has 0 saturated heterocycles. The maximum Gasteiger partial charge on any atom is 0.136 e. The van der Waals surface area contributed by atoms with Crippen LogP contribution < -0.4 is 10.6 Å². The second-order valence-electron chi connectivity index (χ2n) is 6.79. The molecule has 1 heterocycles. The minimum Gasteiger partial charge on any atom is -0.373 e. The fourth-order valence-electron chi connectivity index (χ4n) is 3.33. The third-order valence-electron chi connectivity index (χ3n) is 5.03. The van der Waals surface area contributed by atoms with Crippen LogP contribution in [0, 0.1) is 12.8 Å². The van der Waals surface area contributed by atoms with Crippen molar-refractivity contribution in [3.8, 4) is 0 Å². The molecule has 2 aliphatic carbocycles. The van der Waals surface area contributed by atoms with Gasteiger partial charge < -0.3 is 10.6 Å². The largest absolute Gasteiger partial charge is 0.373 e. The van der Waals surface area contributed by atoms with E-state index in [-0.39, 0.29) is 0 Å². The molecule has 1 aromatic rings. The third kappa shape index (κ3) is 3.30. The Morgan fingerprint density at radius 3 is 2.38 bits per heavy atom. The summed E-state index contributed by atoms with van der Waals surface area (Å²) < 4.78 is 0. The number of nitrogens with zero attached hydrogens (tertiary/aromatic N) is 2. The van der Waals surface area contributed by atoms with Crippen LogP contribution in [0.3, 0.4) is 0 Å². The van der Waals surface area contributed by atoms with Crippen LogP contribution in [0.15, 0.2) is 0 Å². The lowest BCUT2D eigenvalue weighted by molar-refractivity contribution is 0.455. The first-order valence-electron chi connectivity index (χ1n) is 8.52. The predicted molar refractivity (Wildman–Crippen MR) is 88.0 cm³/mol. The van der Waals surface area contributed by atoms with Gasteiger partial charge in [-0.05, 0) is 38.5 Å². The van der Waals surface area contributed by atoms with Crippen LogP contribution in [0.1, 0.15) is 69.2 Å². The van der Waals surface area contributed by atoms with Crippen LogP contribution in [0.25, 0.3) is 0 Å². The Bertz CT molecular complexity index is 496. The van der Waals surface area contributed by atoms with Gasteiger partial charge in [0.2, 0.25) is 0 Å². The van der Waals surface area contributed by atoms with Crippen LogP contribution in [0.5, 0.6) is 0 Å². The first-order chi connectivity index (χ1) is 10.2. The summed E-state index contributed by atoms with van der Waals surface area (Å²) in [5.74, 6) is 4.37. The Hall–Kier alpha value is -1.32. The average Bonchev–Trinajstić information content (AvgIpc) is 3.31. The lowest BCUT2D eigenvalue weighted by Crippen LogP contribution is -2.27. The van der Waals surface area contributed by atoms with Crippen molar-refractivity contribution in [2.24, 2.45) is 5.92 Å². The fraction of sp³-hybridized carbons (Fsp3) is 0.765. The van der Waals surface area contributed by atoms with E-state index in [9.17, 15) is 0 Å². The van der Waals surface area contributed by atoms with Crippen molar-refractivity contribution in [3.63, 3.8) is 0 Å². The Balaban J connectivity index is 1.84. The highest BCUT2D eigenvalue weighted by molar-refractivity contribution is 5.57. The zero-order valence-corrected chi connectivity index (χ0v) is 13.6. The molecule has 4 heteroatoms. The molecular weight excluding hydrogens is 260 g/mol. The predicted octanol–water partition coefficient (Wildman–Crippen LogP) is 4.08. The topological polar surface area (TPSA) is 49.8 Å². The molecule has 3 rings (SSSR count). The van der Waals surface area contributed by atoms with Gasteiger partial charge in [0.25, 0.3) is 0 Å². The molecule has 2 saturated carbocycles. The third-order valence-corrected chi connectivity index (χ3v) is 5.03. The first kappa shape index (κ1) is 14.6. The highest BCUT2D eigenvalue weighted by Crippen LogP contribution is 2.40. The van der Waals surface area contributed by atoms with Crippen LogP contribution in [-0.2, 0) is 0 Å². The summed E-state index contributed by atoms with van der Waals surface area (Å²) in [5.41, 5.74) is 1.15. The molecule has 0 aliphatic heterocycles. The van der Waals surface area contributed by atoms with E-state index in [1.165, 1.54) is 44.9 Å². The number of nitrogens with one attached hydrogen (secondary N) is 2. The van der Waals surface area contributed by atoms with Gasteiger partial charge in [0.15, 0.2) is 0 Å². The van der Waals surface area contributed by atoms with Gasteiger partial charge in [-0.2, -0.15) is 0 Å². The molecule has 0 bridgehead atoms. The maximum absolute atomic E-state index is 4.84. The highest BCUT2D eigenvalue weighted by atomic mass is 15.1. The second kappa shape index (κ2) is 6.20. The van der Waals surface area contributed by atoms with Gasteiger partial charge in [-0.1, -0.05) is 26.2 Å². The molecule has 2 atom stereocenters. The number of rotatable bonds is 4. The Morgan fingerprint density at radius 2 is 1.67 bits per heavy atom. The van der Waals surface area contributed by atoms with Crippen molar-refractivity contribution in [2.45, 2.75) is 70.8 Å². The number of anilines is 2. The normalized spacial score (nSPS) is 26.2. The van der Waals surface area contributed by atoms with Gasteiger partial charge >= 0.3 is 0 Å². The minimum absolute atomic E-state index is 0.554. The first-order valence-corrected chi connectivity index (χ1v) is 8.52. The molecule has 2 unspecified atom stereocenters. The second-order valence-corrected chi connectivity index (χ2v) is 6.79. The van der Waals surface area contributed by atoms with E-state index in [1.54, 1.807) is 0 Å². The fourth-order valence-corrected chi connectivity index (χ4v) is 3.33. The molecule has 116 valence electrons. The molecule has 0 amide bonds. The van der Waals surface area contributed by atoms with Gasteiger partial charge in [0.1, 0.15) is 17.5 Å². The molecule has 0 radical (unpaired) electrons. The van der Waals surface area contributed by atoms with Crippen LogP contribution >= 0.6 is 0 Å². The van der Waals surface area contributed by atoms with E-state index in [0.29, 0.717) is 12.0 Å². The zero-order valence-electron chi connectivity index (χ0n) is 13.6. The molecule has 0 spiro atoms. The maximum atomic E-state index is 4.84. The number of aromatic nitrogens is 2. The summed E-state index contributed by atoms with van der Waals surface area (Å²) in [6, 6.07) is 0.554. The van der Waals surface area contributed by atoms with E-state index >= 15 is 0 Å². The summed E-state index contributed by atoms with van der Waals surface area (Å²) in [4.78, 5) is 9.52. The standard InChI is InChI=1S/C17H28N4/c1-11-7-5-4-6-8-14(11)19-16-12(2)15(18-3)20-17(21-16)13-9-10-13/h11,13-14H,4-10H2,1-3H3,(H2,18,19,20,21). The smallest absolute Gasteiger partial charge is 0.136 e. The molecular formula is C17H28N4. The molecule has 21 heavy (non-hydrogen) atoms. The SMILES string of the molecule is CNc1nc(C2CC2)nc(NC2CCCCCC2C)c1C. The van der Waals surface area contributed by atoms with Gasteiger partial charge in [-0.15, -0.1) is 0 Å². The van der Waals surface area contributed by atoms with E-state index in [1.807, 2.05) is 7.05 Å². The Morgan fingerprint density at radius 1 is 0.952 bits per heavy atom. The van der Waals surface area contributed by atoms with E-state index in [0.717, 1.165) is 28.9 Å². The van der Waals surface area contributed by atoms with Crippen LogP contribution in [-0.4, -0.2) is 23.1 Å². The quantitative estimate of drug-likeness (QED) is 0.819. The van der Waals surface area contributed by atoms with Crippen molar-refractivity contribution in [1.82, 2.24) is 9.97 Å². The van der Waals surface area contributed by atoms with Crippen molar-refractivity contribution in [1.29, 1.82) is 0 Å². The number of hydrogen-bond donors (Lipinski definition) is 2. The van der Waals surface area contributed by atoms with Crippen molar-refractivity contribution >= 4 is 11.6 Å². The summed E-state index contributed by atoms with van der Waals surface area (Å²) >= 11 is 0. The summed E-state index contributed by atoms with van der Waals surface area (Å²) in [6.45, 7) is 4.49. The summed E-state index contributed by atoms with van der Waals surface area (Å²) in [6.07, 6.45) is 9.16. The van der Waals surface area contributed by atoms with E-state index in [2.05, 4.69) is 29.5 Å². The van der Waals surface area contributed by atoms with Crippen molar-refractivity contribution in [2.75, 3.05) is 17.7 Å². The summed E-state index contributed by atoms with van der Waals surface area (Å²) in [7, 11) is 1.95. The van der Waals surface area contributed by atoms with Crippen molar-refractivity contribution in [3.05, 3.63) is 11.4 Å². The van der Waals surface area contributed by atoms with Crippen LogP contribution in [0.2, 0.25) is 0 Å². The number of hydrogen-bond acceptors (Lipinski definition) is 4. The molecule has 1 aromatic heterocycles. The minimum atomic E-state index is 0.554. The Labute approximate surface area is 128 Å². The van der Waals surface area contributed by atoms with Gasteiger partial charge in [0.05, 0.1) is 0 Å². The van der Waals surface area contributed by atoms with E-state index in [4.69, 9.17) is 4.98 Å². The van der Waals surface area contributed by atoms with Gasteiger partial charge in [-0.3, -0.25) is 0 Å². The molecule has 2 aliphatic rings. The summed E-state index contributed by atoms with van der Waals surface area (Å²) in [5, 5.41) is 6.97. The van der Waals surface area contributed by atoms with Gasteiger partial charge in [0, 0.05) is 24.6 Å².